The van der Waals surface area contributed by atoms with Crippen LogP contribution in [0, 0.1) is 0 Å². The third-order valence-corrected chi connectivity index (χ3v) is 7.46. The van der Waals surface area contributed by atoms with Gasteiger partial charge in [0, 0.05) is 74.1 Å². The number of para-hydroxylation sites is 1. The summed E-state index contributed by atoms with van der Waals surface area (Å²) in [6, 6.07) is 14.3. The Labute approximate surface area is 198 Å². The number of nitrogens with zero attached hydrogens (tertiary/aromatic N) is 5. The van der Waals surface area contributed by atoms with Crippen LogP contribution in [0.15, 0.2) is 47.8 Å². The molecular formula is C25H29N5O2S. The van der Waals surface area contributed by atoms with E-state index in [1.54, 1.807) is 11.3 Å². The second-order valence-electron chi connectivity index (χ2n) is 8.53. The summed E-state index contributed by atoms with van der Waals surface area (Å²) in [6.45, 7) is 6.85. The molecule has 7 nitrogen and oxygen atoms in total. The predicted molar refractivity (Wildman–Crippen MR) is 130 cm³/mol. The summed E-state index contributed by atoms with van der Waals surface area (Å²) in [4.78, 5) is 33.6. The molecule has 0 aliphatic carbocycles. The highest BCUT2D eigenvalue weighted by molar-refractivity contribution is 7.10. The minimum Gasteiger partial charge on any atom is -0.368 e. The topological polar surface area (TPSA) is 61.7 Å². The van der Waals surface area contributed by atoms with Crippen molar-refractivity contribution < 1.29 is 9.59 Å². The smallest absolute Gasteiger partial charge is 0.274 e. The van der Waals surface area contributed by atoms with E-state index in [-0.39, 0.29) is 11.8 Å². The van der Waals surface area contributed by atoms with Crippen LogP contribution in [0.25, 0.3) is 0 Å². The molecule has 3 aromatic rings. The minimum atomic E-state index is -0.0151. The van der Waals surface area contributed by atoms with Gasteiger partial charge in [0.1, 0.15) is 0 Å². The maximum atomic E-state index is 13.5. The maximum absolute atomic E-state index is 13.5. The number of amides is 2. The molecule has 2 aromatic heterocycles. The molecule has 0 radical (unpaired) electrons. The zero-order valence-corrected chi connectivity index (χ0v) is 19.8. The SMILES string of the molecule is CCn1nc(C(=O)N2CCN(c3ccccc3)CC2)c2c1CCN(C(=O)Cc1cccs1)C2. The van der Waals surface area contributed by atoms with E-state index in [4.69, 9.17) is 5.10 Å². The van der Waals surface area contributed by atoms with Gasteiger partial charge in [-0.2, -0.15) is 5.10 Å². The molecule has 1 fully saturated rings. The van der Waals surface area contributed by atoms with Gasteiger partial charge in [-0.3, -0.25) is 14.3 Å². The average molecular weight is 464 g/mol. The number of aryl methyl sites for hydroxylation is 1. The van der Waals surface area contributed by atoms with Crippen molar-refractivity contribution in [2.24, 2.45) is 0 Å². The number of piperazine rings is 1. The first kappa shape index (κ1) is 21.7. The monoisotopic (exact) mass is 463 g/mol. The molecule has 33 heavy (non-hydrogen) atoms. The van der Waals surface area contributed by atoms with Crippen molar-refractivity contribution >= 4 is 28.8 Å². The average Bonchev–Trinajstić information content (AvgIpc) is 3.51. The molecule has 0 saturated carbocycles. The summed E-state index contributed by atoms with van der Waals surface area (Å²) in [6.07, 6.45) is 1.15. The molecule has 0 N–H and O–H groups in total. The van der Waals surface area contributed by atoms with Crippen LogP contribution in [0.4, 0.5) is 5.69 Å². The van der Waals surface area contributed by atoms with Crippen LogP contribution in [-0.4, -0.2) is 64.1 Å². The van der Waals surface area contributed by atoms with E-state index in [9.17, 15) is 9.59 Å². The normalized spacial score (nSPS) is 16.1. The van der Waals surface area contributed by atoms with E-state index in [0.717, 1.165) is 42.2 Å². The highest BCUT2D eigenvalue weighted by Crippen LogP contribution is 2.26. The van der Waals surface area contributed by atoms with Gasteiger partial charge in [0.2, 0.25) is 5.91 Å². The molecule has 1 aromatic carbocycles. The first-order valence-electron chi connectivity index (χ1n) is 11.6. The maximum Gasteiger partial charge on any atom is 0.274 e. The number of fused-ring (bicyclic) bond motifs is 1. The molecule has 5 rings (SSSR count). The molecule has 0 bridgehead atoms. The van der Waals surface area contributed by atoms with Crippen LogP contribution in [0.2, 0.25) is 0 Å². The Morgan fingerprint density at radius 1 is 0.970 bits per heavy atom. The van der Waals surface area contributed by atoms with Gasteiger partial charge in [0.05, 0.1) is 6.42 Å². The molecule has 2 amide bonds. The fourth-order valence-electron chi connectivity index (χ4n) is 4.77. The Morgan fingerprint density at radius 3 is 2.45 bits per heavy atom. The summed E-state index contributed by atoms with van der Waals surface area (Å²) in [5.41, 5.74) is 3.74. The fourth-order valence-corrected chi connectivity index (χ4v) is 5.46. The Hall–Kier alpha value is -3.13. The third-order valence-electron chi connectivity index (χ3n) is 6.58. The Morgan fingerprint density at radius 2 is 1.76 bits per heavy atom. The molecule has 4 heterocycles. The van der Waals surface area contributed by atoms with Crippen molar-refractivity contribution in [1.29, 1.82) is 0 Å². The highest BCUT2D eigenvalue weighted by atomic mass is 32.1. The Kier molecular flexibility index (Phi) is 6.17. The molecule has 172 valence electrons. The number of benzene rings is 1. The third kappa shape index (κ3) is 4.39. The first-order valence-corrected chi connectivity index (χ1v) is 12.5. The van der Waals surface area contributed by atoms with E-state index in [1.165, 1.54) is 5.69 Å². The van der Waals surface area contributed by atoms with E-state index in [0.29, 0.717) is 38.3 Å². The van der Waals surface area contributed by atoms with Crippen molar-refractivity contribution in [3.63, 3.8) is 0 Å². The van der Waals surface area contributed by atoms with Crippen LogP contribution in [-0.2, 0) is 30.7 Å². The standard InChI is InChI=1S/C25H29N5O2S/c1-2-30-22-10-11-29(23(31)17-20-9-6-16-33-20)18-21(22)24(26-30)25(32)28-14-12-27(13-15-28)19-7-4-3-5-8-19/h3-9,16H,2,10-15,17-18H2,1H3. The summed E-state index contributed by atoms with van der Waals surface area (Å²) in [5, 5.41) is 6.70. The summed E-state index contributed by atoms with van der Waals surface area (Å²) in [7, 11) is 0. The lowest BCUT2D eigenvalue weighted by atomic mass is 10.0. The second kappa shape index (κ2) is 9.39. The van der Waals surface area contributed by atoms with Crippen molar-refractivity contribution in [3.05, 3.63) is 69.7 Å². The van der Waals surface area contributed by atoms with Gasteiger partial charge in [-0.25, -0.2) is 0 Å². The van der Waals surface area contributed by atoms with E-state index in [1.807, 2.05) is 50.2 Å². The number of anilines is 1. The van der Waals surface area contributed by atoms with Crippen LogP contribution in [0.5, 0.6) is 0 Å². The van der Waals surface area contributed by atoms with Gasteiger partial charge in [0.15, 0.2) is 5.69 Å². The number of hydrogen-bond donors (Lipinski definition) is 0. The molecule has 2 aliphatic heterocycles. The first-order chi connectivity index (χ1) is 16.1. The number of thiophene rings is 1. The van der Waals surface area contributed by atoms with E-state index >= 15 is 0 Å². The Balaban J connectivity index is 1.30. The number of aromatic nitrogens is 2. The van der Waals surface area contributed by atoms with Gasteiger partial charge < -0.3 is 14.7 Å². The van der Waals surface area contributed by atoms with E-state index in [2.05, 4.69) is 24.0 Å². The quantitative estimate of drug-likeness (QED) is 0.584. The molecule has 0 spiro atoms. The number of carbonyl (C=O) groups excluding carboxylic acids is 2. The largest absolute Gasteiger partial charge is 0.368 e. The molecule has 8 heteroatoms. The summed E-state index contributed by atoms with van der Waals surface area (Å²) >= 11 is 1.61. The highest BCUT2D eigenvalue weighted by Gasteiger charge is 2.32. The second-order valence-corrected chi connectivity index (χ2v) is 9.56. The van der Waals surface area contributed by atoms with Crippen molar-refractivity contribution in [1.82, 2.24) is 19.6 Å². The lowest BCUT2D eigenvalue weighted by Crippen LogP contribution is -2.49. The van der Waals surface area contributed by atoms with Gasteiger partial charge in [-0.1, -0.05) is 24.3 Å². The predicted octanol–water partition coefficient (Wildman–Crippen LogP) is 3.05. The van der Waals surface area contributed by atoms with Crippen LogP contribution < -0.4 is 4.90 Å². The number of hydrogen-bond acceptors (Lipinski definition) is 5. The van der Waals surface area contributed by atoms with Crippen molar-refractivity contribution in [2.45, 2.75) is 32.9 Å². The summed E-state index contributed by atoms with van der Waals surface area (Å²) < 4.78 is 1.95. The number of carbonyl (C=O) groups is 2. The zero-order valence-electron chi connectivity index (χ0n) is 18.9. The molecule has 0 atom stereocenters. The Bertz CT molecular complexity index is 1120. The molecular weight excluding hydrogens is 434 g/mol. The van der Waals surface area contributed by atoms with Crippen molar-refractivity contribution in [2.75, 3.05) is 37.6 Å². The van der Waals surface area contributed by atoms with Gasteiger partial charge in [0.25, 0.3) is 5.91 Å². The van der Waals surface area contributed by atoms with Crippen LogP contribution in [0.3, 0.4) is 0 Å². The van der Waals surface area contributed by atoms with Gasteiger partial charge in [-0.15, -0.1) is 11.3 Å². The fraction of sp³-hybridized carbons (Fsp3) is 0.400. The van der Waals surface area contributed by atoms with Crippen molar-refractivity contribution in [3.8, 4) is 0 Å². The zero-order chi connectivity index (χ0) is 22.8. The molecule has 0 unspecified atom stereocenters. The minimum absolute atomic E-state index is 0.0151. The lowest BCUT2D eigenvalue weighted by Gasteiger charge is -2.36. The van der Waals surface area contributed by atoms with Crippen LogP contribution >= 0.6 is 11.3 Å². The summed E-state index contributed by atoms with van der Waals surface area (Å²) in [5.74, 6) is 0.0981. The van der Waals surface area contributed by atoms with Crippen LogP contribution in [0.1, 0.15) is 33.5 Å². The number of rotatable bonds is 5. The molecule has 2 aliphatic rings. The van der Waals surface area contributed by atoms with E-state index < -0.39 is 0 Å². The molecule has 1 saturated heterocycles. The lowest BCUT2D eigenvalue weighted by molar-refractivity contribution is -0.131. The van der Waals surface area contributed by atoms with Gasteiger partial charge >= 0.3 is 0 Å². The van der Waals surface area contributed by atoms with Gasteiger partial charge in [-0.05, 0) is 30.5 Å².